The molecule has 0 saturated carbocycles. The first-order valence-electron chi connectivity index (χ1n) is 5.38. The summed E-state index contributed by atoms with van der Waals surface area (Å²) in [6.45, 7) is 3.49. The number of ether oxygens (including phenoxy) is 3. The van der Waals surface area contributed by atoms with Gasteiger partial charge in [0.1, 0.15) is 24.2 Å². The normalized spacial score (nSPS) is 12.2. The number of hydrogen-bond donors (Lipinski definition) is 1. The molecule has 1 aromatic rings. The lowest BCUT2D eigenvalue weighted by molar-refractivity contribution is 0.0336. The monoisotopic (exact) mass is 225 g/mol. The van der Waals surface area contributed by atoms with Crippen LogP contribution >= 0.6 is 0 Å². The fraction of sp³-hybridized carbons (Fsp3) is 0.500. The molecule has 1 unspecified atom stereocenters. The zero-order chi connectivity index (χ0) is 11.8. The van der Waals surface area contributed by atoms with Crippen LogP contribution in [0.15, 0.2) is 24.3 Å². The van der Waals surface area contributed by atoms with Crippen LogP contribution in [0.25, 0.3) is 0 Å². The van der Waals surface area contributed by atoms with Crippen LogP contribution in [0.4, 0.5) is 0 Å². The van der Waals surface area contributed by atoms with E-state index in [1.807, 2.05) is 31.2 Å². The molecule has 4 heteroatoms. The summed E-state index contributed by atoms with van der Waals surface area (Å²) in [5.74, 6) is 1.54. The third kappa shape index (κ3) is 4.08. The Hall–Kier alpha value is -1.26. The predicted molar refractivity (Wildman–Crippen MR) is 63.0 cm³/mol. The topological polar surface area (TPSA) is 53.7 Å². The van der Waals surface area contributed by atoms with Crippen molar-refractivity contribution in [3.05, 3.63) is 24.3 Å². The van der Waals surface area contributed by atoms with Gasteiger partial charge in [-0.2, -0.15) is 0 Å². The van der Waals surface area contributed by atoms with E-state index in [2.05, 4.69) is 0 Å². The second-order valence-corrected chi connectivity index (χ2v) is 3.30. The van der Waals surface area contributed by atoms with Gasteiger partial charge < -0.3 is 19.9 Å². The van der Waals surface area contributed by atoms with Gasteiger partial charge in [0.15, 0.2) is 0 Å². The van der Waals surface area contributed by atoms with Gasteiger partial charge in [0.05, 0.1) is 7.11 Å². The first-order chi connectivity index (χ1) is 7.80. The summed E-state index contributed by atoms with van der Waals surface area (Å²) in [5.41, 5.74) is 5.55. The Kier molecular flexibility index (Phi) is 5.67. The highest BCUT2D eigenvalue weighted by Crippen LogP contribution is 2.18. The number of rotatable bonds is 7. The Bertz CT molecular complexity index is 304. The van der Waals surface area contributed by atoms with Crippen molar-refractivity contribution >= 4 is 0 Å². The zero-order valence-corrected chi connectivity index (χ0v) is 9.81. The average Bonchev–Trinajstić information content (AvgIpc) is 2.34. The van der Waals surface area contributed by atoms with E-state index in [0.29, 0.717) is 19.8 Å². The molecule has 16 heavy (non-hydrogen) atoms. The Morgan fingerprint density at radius 2 is 2.06 bits per heavy atom. The van der Waals surface area contributed by atoms with Gasteiger partial charge in [-0.05, 0) is 19.1 Å². The summed E-state index contributed by atoms with van der Waals surface area (Å²) in [6, 6.07) is 7.46. The largest absolute Gasteiger partial charge is 0.497 e. The molecule has 2 N–H and O–H groups in total. The maximum Gasteiger partial charge on any atom is 0.123 e. The van der Waals surface area contributed by atoms with Crippen molar-refractivity contribution < 1.29 is 14.2 Å². The van der Waals surface area contributed by atoms with Crippen molar-refractivity contribution in [1.29, 1.82) is 0 Å². The van der Waals surface area contributed by atoms with Gasteiger partial charge >= 0.3 is 0 Å². The van der Waals surface area contributed by atoms with Gasteiger partial charge in [-0.3, -0.25) is 0 Å². The molecular formula is C12H19NO3. The summed E-state index contributed by atoms with van der Waals surface area (Å²) < 4.78 is 16.1. The Labute approximate surface area is 96.3 Å². The molecule has 0 aliphatic heterocycles. The SMILES string of the molecule is CCOC(CN)COc1cccc(OC)c1. The lowest BCUT2D eigenvalue weighted by atomic mass is 10.3. The second-order valence-electron chi connectivity index (χ2n) is 3.30. The molecule has 0 bridgehead atoms. The van der Waals surface area contributed by atoms with Crippen molar-refractivity contribution in [2.45, 2.75) is 13.0 Å². The number of methoxy groups -OCH3 is 1. The number of hydrogen-bond acceptors (Lipinski definition) is 4. The van der Waals surface area contributed by atoms with Gasteiger partial charge in [0, 0.05) is 19.2 Å². The second kappa shape index (κ2) is 7.09. The van der Waals surface area contributed by atoms with Crippen LogP contribution in [-0.2, 0) is 4.74 Å². The maximum absolute atomic E-state index is 5.57. The molecule has 4 nitrogen and oxygen atoms in total. The maximum atomic E-state index is 5.57. The first-order valence-corrected chi connectivity index (χ1v) is 5.38. The third-order valence-electron chi connectivity index (χ3n) is 2.14. The van der Waals surface area contributed by atoms with Crippen LogP contribution < -0.4 is 15.2 Å². The summed E-state index contributed by atoms with van der Waals surface area (Å²) in [7, 11) is 1.63. The first kappa shape index (κ1) is 12.8. The van der Waals surface area contributed by atoms with Crippen molar-refractivity contribution in [2.24, 2.45) is 5.73 Å². The zero-order valence-electron chi connectivity index (χ0n) is 9.81. The van der Waals surface area contributed by atoms with E-state index < -0.39 is 0 Å². The molecule has 0 spiro atoms. The summed E-state index contributed by atoms with van der Waals surface area (Å²) in [4.78, 5) is 0. The van der Waals surface area contributed by atoms with Crippen LogP contribution in [-0.4, -0.2) is 33.0 Å². The van der Waals surface area contributed by atoms with Gasteiger partial charge in [-0.25, -0.2) is 0 Å². The molecule has 0 aliphatic carbocycles. The number of benzene rings is 1. The average molecular weight is 225 g/mol. The van der Waals surface area contributed by atoms with E-state index in [0.717, 1.165) is 11.5 Å². The smallest absolute Gasteiger partial charge is 0.123 e. The Morgan fingerprint density at radius 3 is 2.69 bits per heavy atom. The standard InChI is InChI=1S/C12H19NO3/c1-3-15-12(8-13)9-16-11-6-4-5-10(7-11)14-2/h4-7,12H,3,8-9,13H2,1-2H3. The third-order valence-corrected chi connectivity index (χ3v) is 2.14. The molecule has 0 saturated heterocycles. The van der Waals surface area contributed by atoms with Gasteiger partial charge in [-0.1, -0.05) is 6.07 Å². The van der Waals surface area contributed by atoms with E-state index in [9.17, 15) is 0 Å². The van der Waals surface area contributed by atoms with E-state index >= 15 is 0 Å². The van der Waals surface area contributed by atoms with Crippen molar-refractivity contribution in [3.63, 3.8) is 0 Å². The quantitative estimate of drug-likeness (QED) is 0.763. The minimum Gasteiger partial charge on any atom is -0.497 e. The highest BCUT2D eigenvalue weighted by molar-refractivity contribution is 5.32. The Morgan fingerprint density at radius 1 is 1.31 bits per heavy atom. The van der Waals surface area contributed by atoms with Crippen LogP contribution in [0.1, 0.15) is 6.92 Å². The van der Waals surface area contributed by atoms with E-state index in [1.165, 1.54) is 0 Å². The Balaban J connectivity index is 2.46. The predicted octanol–water partition coefficient (Wildman–Crippen LogP) is 1.44. The lowest BCUT2D eigenvalue weighted by Gasteiger charge is -2.15. The minimum atomic E-state index is -0.0591. The molecule has 0 aromatic heterocycles. The van der Waals surface area contributed by atoms with Crippen molar-refractivity contribution in [1.82, 2.24) is 0 Å². The highest BCUT2D eigenvalue weighted by Gasteiger charge is 2.07. The molecule has 0 radical (unpaired) electrons. The lowest BCUT2D eigenvalue weighted by Crippen LogP contribution is -2.30. The minimum absolute atomic E-state index is 0.0591. The summed E-state index contributed by atoms with van der Waals surface area (Å²) >= 11 is 0. The highest BCUT2D eigenvalue weighted by atomic mass is 16.5. The molecule has 1 rings (SSSR count). The molecule has 90 valence electrons. The fourth-order valence-electron chi connectivity index (χ4n) is 1.30. The molecule has 0 heterocycles. The summed E-state index contributed by atoms with van der Waals surface area (Å²) in [5, 5.41) is 0. The van der Waals surface area contributed by atoms with Crippen molar-refractivity contribution in [3.8, 4) is 11.5 Å². The van der Waals surface area contributed by atoms with E-state index in [-0.39, 0.29) is 6.10 Å². The van der Waals surface area contributed by atoms with Crippen LogP contribution in [0.3, 0.4) is 0 Å². The molecule has 0 aliphatic rings. The van der Waals surface area contributed by atoms with E-state index in [4.69, 9.17) is 19.9 Å². The van der Waals surface area contributed by atoms with E-state index in [1.54, 1.807) is 7.11 Å². The number of nitrogens with two attached hydrogens (primary N) is 1. The molecule has 1 atom stereocenters. The van der Waals surface area contributed by atoms with Crippen LogP contribution in [0.2, 0.25) is 0 Å². The molecule has 1 aromatic carbocycles. The van der Waals surface area contributed by atoms with Gasteiger partial charge in [0.25, 0.3) is 0 Å². The van der Waals surface area contributed by atoms with Crippen molar-refractivity contribution in [2.75, 3.05) is 26.9 Å². The molecule has 0 amide bonds. The summed E-state index contributed by atoms with van der Waals surface area (Å²) in [6.07, 6.45) is -0.0591. The van der Waals surface area contributed by atoms with Crippen LogP contribution in [0, 0.1) is 0 Å². The van der Waals surface area contributed by atoms with Gasteiger partial charge in [-0.15, -0.1) is 0 Å². The molecule has 0 fully saturated rings. The van der Waals surface area contributed by atoms with Gasteiger partial charge in [0.2, 0.25) is 0 Å². The molecular weight excluding hydrogens is 206 g/mol. The fourth-order valence-corrected chi connectivity index (χ4v) is 1.30. The van der Waals surface area contributed by atoms with Crippen LogP contribution in [0.5, 0.6) is 11.5 Å².